The van der Waals surface area contributed by atoms with Crippen molar-refractivity contribution < 1.29 is 9.18 Å². The normalized spacial score (nSPS) is 20.0. The van der Waals surface area contributed by atoms with E-state index in [0.29, 0.717) is 6.54 Å². The van der Waals surface area contributed by atoms with Gasteiger partial charge < -0.3 is 10.2 Å². The van der Waals surface area contributed by atoms with E-state index in [9.17, 15) is 9.18 Å². The highest BCUT2D eigenvalue weighted by molar-refractivity contribution is 7.09. The molecule has 3 rings (SSSR count). The molecule has 0 radical (unpaired) electrons. The van der Waals surface area contributed by atoms with Gasteiger partial charge in [0.1, 0.15) is 10.8 Å². The Hall–Kier alpha value is -1.95. The lowest BCUT2D eigenvalue weighted by atomic mass is 9.80. The molecule has 122 valence electrons. The number of halogens is 1. The van der Waals surface area contributed by atoms with Crippen molar-refractivity contribution >= 4 is 17.4 Å². The highest BCUT2D eigenvalue weighted by atomic mass is 32.1. The number of amides is 2. The number of aromatic nitrogens is 1. The SMILES string of the molecule is C[C@@H]1CCc2c(F)cccc2[C@@H]1NC(=O)N(C)Cc1nccs1. The molecular formula is C17H20FN3OS. The summed E-state index contributed by atoms with van der Waals surface area (Å²) in [5, 5.41) is 5.85. The summed E-state index contributed by atoms with van der Waals surface area (Å²) in [6.45, 7) is 2.57. The van der Waals surface area contributed by atoms with Crippen molar-refractivity contribution in [1.82, 2.24) is 15.2 Å². The largest absolute Gasteiger partial charge is 0.331 e. The number of thiazole rings is 1. The van der Waals surface area contributed by atoms with Crippen LogP contribution < -0.4 is 5.32 Å². The number of benzene rings is 1. The summed E-state index contributed by atoms with van der Waals surface area (Å²) in [6.07, 6.45) is 3.33. The first kappa shape index (κ1) is 15.9. The van der Waals surface area contributed by atoms with Crippen molar-refractivity contribution in [2.75, 3.05) is 7.05 Å². The van der Waals surface area contributed by atoms with E-state index in [4.69, 9.17) is 0 Å². The Labute approximate surface area is 139 Å². The minimum absolute atomic E-state index is 0.152. The maximum absolute atomic E-state index is 14.0. The fraction of sp³-hybridized carbons (Fsp3) is 0.412. The average molecular weight is 333 g/mol. The van der Waals surface area contributed by atoms with Gasteiger partial charge >= 0.3 is 6.03 Å². The predicted octanol–water partition coefficient (Wildman–Crippen LogP) is 3.75. The predicted molar refractivity (Wildman–Crippen MR) is 88.7 cm³/mol. The number of rotatable bonds is 3. The smallest absolute Gasteiger partial charge is 0.318 e. The van der Waals surface area contributed by atoms with E-state index in [2.05, 4.69) is 17.2 Å². The number of urea groups is 1. The Balaban J connectivity index is 1.74. The van der Waals surface area contributed by atoms with E-state index in [0.717, 1.165) is 29.0 Å². The van der Waals surface area contributed by atoms with Crippen molar-refractivity contribution in [2.24, 2.45) is 5.92 Å². The summed E-state index contributed by atoms with van der Waals surface area (Å²) in [5.74, 6) is 0.103. The minimum atomic E-state index is -0.176. The molecule has 6 heteroatoms. The number of nitrogens with zero attached hydrogens (tertiary/aromatic N) is 2. The van der Waals surface area contributed by atoms with Crippen LogP contribution in [0.3, 0.4) is 0 Å². The summed E-state index contributed by atoms with van der Waals surface area (Å²) in [6, 6.07) is 4.81. The molecule has 0 bridgehead atoms. The van der Waals surface area contributed by atoms with E-state index < -0.39 is 0 Å². The molecule has 0 fully saturated rings. The van der Waals surface area contributed by atoms with Gasteiger partial charge in [0.15, 0.2) is 0 Å². The van der Waals surface area contributed by atoms with Crippen LogP contribution in [0.4, 0.5) is 9.18 Å². The maximum Gasteiger partial charge on any atom is 0.318 e. The van der Waals surface area contributed by atoms with Crippen molar-refractivity contribution in [3.8, 4) is 0 Å². The Bertz CT molecular complexity index is 689. The van der Waals surface area contributed by atoms with Crippen molar-refractivity contribution in [2.45, 2.75) is 32.4 Å². The maximum atomic E-state index is 14.0. The number of hydrogen-bond acceptors (Lipinski definition) is 3. The van der Waals surface area contributed by atoms with Crippen molar-refractivity contribution in [3.05, 3.63) is 51.7 Å². The first-order valence-electron chi connectivity index (χ1n) is 7.73. The van der Waals surface area contributed by atoms with E-state index in [1.807, 2.05) is 11.4 Å². The highest BCUT2D eigenvalue weighted by Crippen LogP contribution is 2.35. The Kier molecular flexibility index (Phi) is 4.61. The third-order valence-corrected chi connectivity index (χ3v) is 5.15. The lowest BCUT2D eigenvalue weighted by Crippen LogP contribution is -2.42. The van der Waals surface area contributed by atoms with Gasteiger partial charge in [-0.3, -0.25) is 0 Å². The number of carbonyl (C=O) groups excluding carboxylic acids is 1. The molecule has 1 aromatic heterocycles. The lowest BCUT2D eigenvalue weighted by Gasteiger charge is -2.33. The fourth-order valence-corrected chi connectivity index (χ4v) is 3.71. The lowest BCUT2D eigenvalue weighted by molar-refractivity contribution is 0.195. The zero-order valence-corrected chi connectivity index (χ0v) is 14.1. The number of carbonyl (C=O) groups is 1. The Morgan fingerprint density at radius 1 is 1.52 bits per heavy atom. The van der Waals surface area contributed by atoms with Gasteiger partial charge in [-0.15, -0.1) is 11.3 Å². The van der Waals surface area contributed by atoms with Crippen LogP contribution in [0.25, 0.3) is 0 Å². The first-order chi connectivity index (χ1) is 11.1. The summed E-state index contributed by atoms with van der Waals surface area (Å²) in [4.78, 5) is 18.3. The number of fused-ring (bicyclic) bond motifs is 1. The fourth-order valence-electron chi connectivity index (χ4n) is 3.04. The topological polar surface area (TPSA) is 45.2 Å². The molecule has 1 N–H and O–H groups in total. The quantitative estimate of drug-likeness (QED) is 0.930. The second-order valence-electron chi connectivity index (χ2n) is 6.03. The van der Waals surface area contributed by atoms with Crippen LogP contribution >= 0.6 is 11.3 Å². The van der Waals surface area contributed by atoms with Gasteiger partial charge in [0.05, 0.1) is 12.6 Å². The molecule has 2 atom stereocenters. The van der Waals surface area contributed by atoms with Crippen LogP contribution in [0.5, 0.6) is 0 Å². The van der Waals surface area contributed by atoms with Crippen LogP contribution in [-0.2, 0) is 13.0 Å². The van der Waals surface area contributed by atoms with E-state index in [-0.39, 0.29) is 23.8 Å². The zero-order valence-electron chi connectivity index (χ0n) is 13.3. The van der Waals surface area contributed by atoms with Gasteiger partial charge in [0.2, 0.25) is 0 Å². The number of hydrogen-bond donors (Lipinski definition) is 1. The molecule has 1 aliphatic carbocycles. The van der Waals surface area contributed by atoms with Gasteiger partial charge in [0, 0.05) is 18.6 Å². The van der Waals surface area contributed by atoms with Crippen LogP contribution in [0.1, 0.15) is 35.5 Å². The molecular weight excluding hydrogens is 313 g/mol. The van der Waals surface area contributed by atoms with Gasteiger partial charge in [-0.25, -0.2) is 14.2 Å². The molecule has 2 amide bonds. The summed E-state index contributed by atoms with van der Waals surface area (Å²) in [5.41, 5.74) is 1.64. The molecule has 23 heavy (non-hydrogen) atoms. The molecule has 1 aromatic carbocycles. The van der Waals surface area contributed by atoms with Crippen LogP contribution in [0, 0.1) is 11.7 Å². The highest BCUT2D eigenvalue weighted by Gasteiger charge is 2.30. The molecule has 0 spiro atoms. The van der Waals surface area contributed by atoms with E-state index in [1.54, 1.807) is 24.2 Å². The summed E-state index contributed by atoms with van der Waals surface area (Å²) < 4.78 is 14.0. The van der Waals surface area contributed by atoms with Crippen LogP contribution in [-0.4, -0.2) is 23.0 Å². The zero-order chi connectivity index (χ0) is 16.4. The van der Waals surface area contributed by atoms with Crippen molar-refractivity contribution in [3.63, 3.8) is 0 Å². The molecule has 1 heterocycles. The second kappa shape index (κ2) is 6.66. The van der Waals surface area contributed by atoms with Crippen molar-refractivity contribution in [1.29, 1.82) is 0 Å². The van der Waals surface area contributed by atoms with Crippen LogP contribution in [0.2, 0.25) is 0 Å². The van der Waals surface area contributed by atoms with E-state index in [1.165, 1.54) is 17.4 Å². The Morgan fingerprint density at radius 3 is 3.09 bits per heavy atom. The molecule has 4 nitrogen and oxygen atoms in total. The summed E-state index contributed by atoms with van der Waals surface area (Å²) >= 11 is 1.52. The average Bonchev–Trinajstić information content (AvgIpc) is 3.03. The molecule has 2 aromatic rings. The van der Waals surface area contributed by atoms with Gasteiger partial charge in [-0.1, -0.05) is 19.1 Å². The first-order valence-corrected chi connectivity index (χ1v) is 8.61. The second-order valence-corrected chi connectivity index (χ2v) is 7.01. The molecule has 0 saturated heterocycles. The Morgan fingerprint density at radius 2 is 2.35 bits per heavy atom. The standard InChI is InChI=1S/C17H20FN3OS/c1-11-6-7-12-13(4-3-5-14(12)18)16(11)20-17(22)21(2)10-15-19-8-9-23-15/h3-5,8-9,11,16H,6-7,10H2,1-2H3,(H,20,22)/t11-,16-/m1/s1. The monoisotopic (exact) mass is 333 g/mol. The molecule has 0 aliphatic heterocycles. The minimum Gasteiger partial charge on any atom is -0.331 e. The number of nitrogens with one attached hydrogen (secondary N) is 1. The molecule has 1 aliphatic rings. The summed E-state index contributed by atoms with van der Waals surface area (Å²) in [7, 11) is 1.75. The molecule has 0 saturated carbocycles. The van der Waals surface area contributed by atoms with Gasteiger partial charge in [-0.2, -0.15) is 0 Å². The molecule has 0 unspecified atom stereocenters. The third kappa shape index (κ3) is 3.37. The van der Waals surface area contributed by atoms with Gasteiger partial charge in [0.25, 0.3) is 0 Å². The van der Waals surface area contributed by atoms with Gasteiger partial charge in [-0.05, 0) is 36.0 Å². The van der Waals surface area contributed by atoms with Crippen LogP contribution in [0.15, 0.2) is 29.8 Å². The van der Waals surface area contributed by atoms with E-state index >= 15 is 0 Å². The third-order valence-electron chi connectivity index (χ3n) is 4.39.